The second-order valence-electron chi connectivity index (χ2n) is 6.38. The van der Waals surface area contributed by atoms with Gasteiger partial charge >= 0.3 is 0 Å². The van der Waals surface area contributed by atoms with Crippen LogP contribution in [-0.4, -0.2) is 45.5 Å². The van der Waals surface area contributed by atoms with Gasteiger partial charge in [0.25, 0.3) is 5.91 Å². The normalized spacial score (nSPS) is 17.2. The average molecular weight is 473 g/mol. The first-order chi connectivity index (χ1) is 12.8. The molecule has 0 aliphatic carbocycles. The maximum Gasteiger partial charge on any atom is 0.253 e. The van der Waals surface area contributed by atoms with Crippen molar-refractivity contribution in [1.29, 1.82) is 0 Å². The molecule has 1 aliphatic heterocycles. The predicted molar refractivity (Wildman–Crippen MR) is 108 cm³/mol. The van der Waals surface area contributed by atoms with Gasteiger partial charge in [0.05, 0.1) is 21.3 Å². The first-order valence-corrected chi connectivity index (χ1v) is 11.7. The number of rotatable bonds is 7. The number of nitrogens with one attached hydrogen (secondary N) is 1. The van der Waals surface area contributed by atoms with Crippen LogP contribution in [0.4, 0.5) is 0 Å². The summed E-state index contributed by atoms with van der Waals surface area (Å²) < 4.78 is 33.8. The Kier molecular flexibility index (Phi) is 6.69. The molecule has 1 saturated heterocycles. The third-order valence-corrected chi connectivity index (χ3v) is 7.35. The minimum absolute atomic E-state index is 0.0634. The highest BCUT2D eigenvalue weighted by molar-refractivity contribution is 9.11. The molecule has 1 aromatic carbocycles. The molecule has 0 spiro atoms. The van der Waals surface area contributed by atoms with E-state index in [9.17, 15) is 13.2 Å². The van der Waals surface area contributed by atoms with E-state index in [1.54, 1.807) is 35.4 Å². The van der Waals surface area contributed by atoms with Crippen LogP contribution in [-0.2, 0) is 21.3 Å². The van der Waals surface area contributed by atoms with Crippen LogP contribution in [0.25, 0.3) is 0 Å². The lowest BCUT2D eigenvalue weighted by Crippen LogP contribution is -2.32. The summed E-state index contributed by atoms with van der Waals surface area (Å²) >= 11 is 4.98. The molecule has 146 valence electrons. The van der Waals surface area contributed by atoms with Crippen molar-refractivity contribution < 1.29 is 17.9 Å². The van der Waals surface area contributed by atoms with E-state index in [-0.39, 0.29) is 23.5 Å². The van der Waals surface area contributed by atoms with Crippen molar-refractivity contribution in [1.82, 2.24) is 9.62 Å². The molecule has 2 heterocycles. The summed E-state index contributed by atoms with van der Waals surface area (Å²) in [5, 5.41) is 0. The number of carbonyl (C=O) groups excluding carboxylic acids is 1. The summed E-state index contributed by atoms with van der Waals surface area (Å²) in [7, 11) is -1.89. The molecule has 27 heavy (non-hydrogen) atoms. The van der Waals surface area contributed by atoms with E-state index in [4.69, 9.17) is 4.74 Å². The smallest absolute Gasteiger partial charge is 0.253 e. The number of thiophene rings is 1. The maximum atomic E-state index is 12.6. The van der Waals surface area contributed by atoms with Crippen LogP contribution in [0, 0.1) is 0 Å². The summed E-state index contributed by atoms with van der Waals surface area (Å²) in [6, 6.07) is 9.92. The van der Waals surface area contributed by atoms with Crippen molar-refractivity contribution in [3.63, 3.8) is 0 Å². The first kappa shape index (κ1) is 20.5. The minimum Gasteiger partial charge on any atom is -0.377 e. The zero-order valence-electron chi connectivity index (χ0n) is 14.9. The van der Waals surface area contributed by atoms with Crippen LogP contribution in [0.3, 0.4) is 0 Å². The molecule has 1 amide bonds. The van der Waals surface area contributed by atoms with E-state index in [2.05, 4.69) is 20.7 Å². The van der Waals surface area contributed by atoms with E-state index >= 15 is 0 Å². The van der Waals surface area contributed by atoms with Gasteiger partial charge in [0, 0.05) is 30.6 Å². The summed E-state index contributed by atoms with van der Waals surface area (Å²) in [4.78, 5) is 15.4. The monoisotopic (exact) mass is 472 g/mol. The lowest BCUT2D eigenvalue weighted by Gasteiger charge is -2.16. The maximum absolute atomic E-state index is 12.6. The Balaban J connectivity index is 1.62. The molecule has 0 unspecified atom stereocenters. The predicted octanol–water partition coefficient (Wildman–Crippen LogP) is 3.24. The number of carbonyl (C=O) groups is 1. The van der Waals surface area contributed by atoms with Crippen LogP contribution in [0.2, 0.25) is 0 Å². The molecule has 3 rings (SSSR count). The summed E-state index contributed by atoms with van der Waals surface area (Å²) in [5.41, 5.74) is 0.450. The van der Waals surface area contributed by atoms with Crippen molar-refractivity contribution in [3.05, 3.63) is 50.6 Å². The number of hydrogen-bond acceptors (Lipinski definition) is 5. The fourth-order valence-corrected chi connectivity index (χ4v) is 5.43. The van der Waals surface area contributed by atoms with Gasteiger partial charge in [-0.25, -0.2) is 13.1 Å². The quantitative estimate of drug-likeness (QED) is 0.670. The SMILES string of the molecule is CN(Cc1ccc(Br)s1)C(=O)c1ccc(S(=O)(=O)NC[C@H]2CCCO2)cc1. The second-order valence-corrected chi connectivity index (χ2v) is 10.7. The van der Waals surface area contributed by atoms with Crippen LogP contribution in [0.15, 0.2) is 45.1 Å². The number of amides is 1. The van der Waals surface area contributed by atoms with Crippen LogP contribution in [0.1, 0.15) is 28.1 Å². The van der Waals surface area contributed by atoms with Crippen LogP contribution >= 0.6 is 27.3 Å². The van der Waals surface area contributed by atoms with Crippen molar-refractivity contribution in [2.45, 2.75) is 30.4 Å². The highest BCUT2D eigenvalue weighted by Crippen LogP contribution is 2.23. The van der Waals surface area contributed by atoms with Crippen molar-refractivity contribution >= 4 is 43.2 Å². The molecule has 1 aromatic heterocycles. The van der Waals surface area contributed by atoms with Gasteiger partial charge in [-0.3, -0.25) is 4.79 Å². The molecule has 0 radical (unpaired) electrons. The number of nitrogens with zero attached hydrogens (tertiary/aromatic N) is 1. The molecule has 1 N–H and O–H groups in total. The van der Waals surface area contributed by atoms with E-state index in [0.29, 0.717) is 18.7 Å². The molecule has 2 aromatic rings. The number of benzene rings is 1. The van der Waals surface area contributed by atoms with Crippen LogP contribution < -0.4 is 4.72 Å². The van der Waals surface area contributed by atoms with E-state index < -0.39 is 10.0 Å². The summed E-state index contributed by atoms with van der Waals surface area (Å²) in [6.07, 6.45) is 1.76. The van der Waals surface area contributed by atoms with Gasteiger partial charge in [-0.15, -0.1) is 11.3 Å². The fraction of sp³-hybridized carbons (Fsp3) is 0.389. The molecule has 0 bridgehead atoms. The summed E-state index contributed by atoms with van der Waals surface area (Å²) in [6.45, 7) is 1.44. The fourth-order valence-electron chi connectivity index (χ4n) is 2.83. The van der Waals surface area contributed by atoms with Gasteiger partial charge in [0.15, 0.2) is 0 Å². The topological polar surface area (TPSA) is 75.7 Å². The molecule has 1 atom stereocenters. The third-order valence-electron chi connectivity index (χ3n) is 4.31. The van der Waals surface area contributed by atoms with Crippen LogP contribution in [0.5, 0.6) is 0 Å². The molecule has 9 heteroatoms. The van der Waals surface area contributed by atoms with Crippen molar-refractivity contribution in [2.24, 2.45) is 0 Å². The number of sulfonamides is 1. The number of ether oxygens (including phenoxy) is 1. The Hall–Kier alpha value is -1.26. The standard InChI is InChI=1S/C18H21BrN2O4S2/c1-21(12-15-6-9-17(19)26-15)18(22)13-4-7-16(8-5-13)27(23,24)20-11-14-3-2-10-25-14/h4-9,14,20H,2-3,10-12H2,1H3/t14-/m1/s1. The number of hydrogen-bond donors (Lipinski definition) is 1. The van der Waals surface area contributed by atoms with Gasteiger partial charge in [0.1, 0.15) is 0 Å². The molecular formula is C18H21BrN2O4S2. The molecule has 1 fully saturated rings. The Bertz CT molecular complexity index is 890. The Labute approximate surface area is 171 Å². The minimum atomic E-state index is -3.61. The lowest BCUT2D eigenvalue weighted by atomic mass is 10.2. The van der Waals surface area contributed by atoms with Gasteiger partial charge < -0.3 is 9.64 Å². The summed E-state index contributed by atoms with van der Waals surface area (Å²) in [5.74, 6) is -0.157. The van der Waals surface area contributed by atoms with Gasteiger partial charge in [-0.05, 0) is 65.2 Å². The van der Waals surface area contributed by atoms with Crippen molar-refractivity contribution in [2.75, 3.05) is 20.2 Å². The van der Waals surface area contributed by atoms with Gasteiger partial charge in [0.2, 0.25) is 10.0 Å². The highest BCUT2D eigenvalue weighted by atomic mass is 79.9. The van der Waals surface area contributed by atoms with E-state index in [1.165, 1.54) is 12.1 Å². The molecule has 0 saturated carbocycles. The lowest BCUT2D eigenvalue weighted by molar-refractivity contribution is 0.0786. The first-order valence-electron chi connectivity index (χ1n) is 8.56. The third kappa shape index (κ3) is 5.39. The van der Waals surface area contributed by atoms with E-state index in [0.717, 1.165) is 21.5 Å². The molecule has 6 nitrogen and oxygen atoms in total. The number of halogens is 1. The largest absolute Gasteiger partial charge is 0.377 e. The molecular weight excluding hydrogens is 452 g/mol. The van der Waals surface area contributed by atoms with Gasteiger partial charge in [-0.2, -0.15) is 0 Å². The Morgan fingerprint density at radius 3 is 2.63 bits per heavy atom. The van der Waals surface area contributed by atoms with Gasteiger partial charge in [-0.1, -0.05) is 0 Å². The van der Waals surface area contributed by atoms with E-state index in [1.807, 2.05) is 12.1 Å². The average Bonchev–Trinajstić information content (AvgIpc) is 3.31. The highest BCUT2D eigenvalue weighted by Gasteiger charge is 2.21. The second kappa shape index (κ2) is 8.83. The zero-order valence-corrected chi connectivity index (χ0v) is 18.1. The molecule has 1 aliphatic rings. The van der Waals surface area contributed by atoms with Crippen molar-refractivity contribution in [3.8, 4) is 0 Å². The Morgan fingerprint density at radius 1 is 1.30 bits per heavy atom. The zero-order chi connectivity index (χ0) is 19.4. The Morgan fingerprint density at radius 2 is 2.04 bits per heavy atom.